The minimum absolute atomic E-state index is 0.0942. The second-order valence-corrected chi connectivity index (χ2v) is 5.83. The lowest BCUT2D eigenvalue weighted by molar-refractivity contribution is -0.137. The van der Waals surface area contributed by atoms with Crippen LogP contribution in [0.1, 0.15) is 35.3 Å². The predicted octanol–water partition coefficient (Wildman–Crippen LogP) is 3.25. The first-order chi connectivity index (χ1) is 11.4. The lowest BCUT2D eigenvalue weighted by Gasteiger charge is -2.14. The molecule has 3 unspecified atom stereocenters. The molecule has 0 radical (unpaired) electrons. The number of nitrogens with one attached hydrogen (secondary N) is 1. The van der Waals surface area contributed by atoms with Crippen LogP contribution in [-0.4, -0.2) is 17.6 Å². The smallest absolute Gasteiger partial charge is 0.416 e. The summed E-state index contributed by atoms with van der Waals surface area (Å²) in [6.07, 6.45) is -2.34. The molecule has 0 bridgehead atoms. The largest absolute Gasteiger partial charge is 0.467 e. The number of aliphatic hydroxyl groups excluding tert-OH is 1. The summed E-state index contributed by atoms with van der Waals surface area (Å²) in [5, 5.41) is 12.1. The van der Waals surface area contributed by atoms with Gasteiger partial charge in [-0.15, -0.1) is 0 Å². The third-order valence-electron chi connectivity index (χ3n) is 4.18. The summed E-state index contributed by atoms with van der Waals surface area (Å²) in [6, 6.07) is 7.58. The molecule has 2 aromatic rings. The molecule has 1 saturated carbocycles. The Bertz CT molecular complexity index is 695. The van der Waals surface area contributed by atoms with Crippen LogP contribution in [-0.2, 0) is 11.0 Å². The lowest BCUT2D eigenvalue weighted by Crippen LogP contribution is -2.32. The Hall–Kier alpha value is -2.28. The number of carbonyl (C=O) groups is 1. The molecule has 1 heterocycles. The van der Waals surface area contributed by atoms with Crippen molar-refractivity contribution in [2.75, 3.05) is 6.61 Å². The van der Waals surface area contributed by atoms with E-state index in [1.165, 1.54) is 18.4 Å². The average Bonchev–Trinajstić information content (AvgIpc) is 3.18. The van der Waals surface area contributed by atoms with Gasteiger partial charge in [0.1, 0.15) is 11.8 Å². The number of aliphatic hydroxyl groups is 1. The highest BCUT2D eigenvalue weighted by atomic mass is 19.4. The molecule has 1 aromatic carbocycles. The van der Waals surface area contributed by atoms with Gasteiger partial charge in [0.15, 0.2) is 0 Å². The fraction of sp³-hybridized carbons (Fsp3) is 0.353. The van der Waals surface area contributed by atoms with Crippen molar-refractivity contribution in [1.29, 1.82) is 0 Å². The quantitative estimate of drug-likeness (QED) is 0.879. The predicted molar refractivity (Wildman–Crippen MR) is 79.0 cm³/mol. The molecule has 3 atom stereocenters. The highest BCUT2D eigenvalue weighted by Gasteiger charge is 2.44. The van der Waals surface area contributed by atoms with Crippen LogP contribution >= 0.6 is 0 Å². The van der Waals surface area contributed by atoms with E-state index < -0.39 is 17.8 Å². The van der Waals surface area contributed by atoms with Crippen molar-refractivity contribution in [3.8, 4) is 0 Å². The zero-order valence-corrected chi connectivity index (χ0v) is 12.6. The van der Waals surface area contributed by atoms with Crippen molar-refractivity contribution in [1.82, 2.24) is 5.32 Å². The number of furan rings is 1. The molecule has 1 amide bonds. The summed E-state index contributed by atoms with van der Waals surface area (Å²) in [7, 11) is 0. The molecular formula is C17H16F3NO3. The first-order valence-corrected chi connectivity index (χ1v) is 7.52. The number of hydrogen-bond acceptors (Lipinski definition) is 3. The minimum Gasteiger partial charge on any atom is -0.467 e. The van der Waals surface area contributed by atoms with Crippen LogP contribution in [0, 0.1) is 5.92 Å². The van der Waals surface area contributed by atoms with Gasteiger partial charge in [-0.25, -0.2) is 0 Å². The minimum atomic E-state index is -4.36. The number of carbonyl (C=O) groups excluding carboxylic acids is 1. The molecule has 0 saturated heterocycles. The van der Waals surface area contributed by atoms with Gasteiger partial charge in [-0.1, -0.05) is 12.1 Å². The Morgan fingerprint density at radius 3 is 2.54 bits per heavy atom. The molecule has 2 N–H and O–H groups in total. The van der Waals surface area contributed by atoms with E-state index in [-0.39, 0.29) is 24.3 Å². The Kier molecular flexibility index (Phi) is 4.36. The maximum atomic E-state index is 12.6. The molecule has 0 spiro atoms. The number of benzene rings is 1. The van der Waals surface area contributed by atoms with Crippen LogP contribution in [0.5, 0.6) is 0 Å². The second-order valence-electron chi connectivity index (χ2n) is 5.83. The molecule has 1 aromatic heterocycles. The molecule has 24 heavy (non-hydrogen) atoms. The zero-order chi connectivity index (χ0) is 17.3. The van der Waals surface area contributed by atoms with E-state index in [4.69, 9.17) is 4.42 Å². The standard InChI is InChI=1S/C17H16F3NO3/c18-17(19,20)11-5-3-10(4-6-11)12-8-13(12)16(23)21-14(9-22)15-2-1-7-24-15/h1-7,12-14,22H,8-9H2,(H,21,23). The van der Waals surface area contributed by atoms with Gasteiger partial charge in [-0.05, 0) is 42.2 Å². The Balaban J connectivity index is 1.61. The third kappa shape index (κ3) is 3.46. The van der Waals surface area contributed by atoms with Gasteiger partial charge in [0.05, 0.1) is 18.4 Å². The van der Waals surface area contributed by atoms with Crippen molar-refractivity contribution >= 4 is 5.91 Å². The van der Waals surface area contributed by atoms with Crippen LogP contribution in [0.15, 0.2) is 47.1 Å². The SMILES string of the molecule is O=C(NC(CO)c1ccco1)C1CC1c1ccc(C(F)(F)F)cc1. The van der Waals surface area contributed by atoms with E-state index in [1.807, 2.05) is 0 Å². The Morgan fingerprint density at radius 1 is 1.29 bits per heavy atom. The summed E-state index contributed by atoms with van der Waals surface area (Å²) in [5.74, 6) is -0.179. The molecule has 1 aliphatic rings. The Labute approximate surface area is 136 Å². The molecular weight excluding hydrogens is 323 g/mol. The number of hydrogen-bond donors (Lipinski definition) is 2. The van der Waals surface area contributed by atoms with E-state index in [0.29, 0.717) is 17.7 Å². The van der Waals surface area contributed by atoms with Gasteiger partial charge < -0.3 is 14.8 Å². The number of rotatable bonds is 5. The van der Waals surface area contributed by atoms with Gasteiger partial charge >= 0.3 is 6.18 Å². The van der Waals surface area contributed by atoms with Crippen LogP contribution in [0.2, 0.25) is 0 Å². The van der Waals surface area contributed by atoms with E-state index in [1.54, 1.807) is 12.1 Å². The van der Waals surface area contributed by atoms with Crippen molar-refractivity contribution in [2.24, 2.45) is 5.92 Å². The van der Waals surface area contributed by atoms with Gasteiger partial charge in [-0.3, -0.25) is 4.79 Å². The summed E-state index contributed by atoms with van der Waals surface area (Å²) in [6.45, 7) is -0.295. The first kappa shape index (κ1) is 16.6. The molecule has 128 valence electrons. The fourth-order valence-electron chi connectivity index (χ4n) is 2.75. The topological polar surface area (TPSA) is 62.5 Å². The van der Waals surface area contributed by atoms with Gasteiger partial charge in [0, 0.05) is 5.92 Å². The molecule has 4 nitrogen and oxygen atoms in total. The highest BCUT2D eigenvalue weighted by molar-refractivity contribution is 5.83. The normalized spacial score (nSPS) is 21.3. The third-order valence-corrected chi connectivity index (χ3v) is 4.18. The second kappa shape index (κ2) is 6.32. The van der Waals surface area contributed by atoms with Crippen LogP contribution < -0.4 is 5.32 Å². The first-order valence-electron chi connectivity index (χ1n) is 7.52. The van der Waals surface area contributed by atoms with E-state index in [2.05, 4.69) is 5.32 Å². The van der Waals surface area contributed by atoms with Gasteiger partial charge in [0.2, 0.25) is 5.91 Å². The van der Waals surface area contributed by atoms with Crippen LogP contribution in [0.3, 0.4) is 0 Å². The number of alkyl halides is 3. The molecule has 3 rings (SSSR count). The molecule has 7 heteroatoms. The molecule has 1 aliphatic carbocycles. The number of halogens is 3. The van der Waals surface area contributed by atoms with Crippen LogP contribution in [0.25, 0.3) is 0 Å². The van der Waals surface area contributed by atoms with Crippen molar-refractivity contribution in [2.45, 2.75) is 24.6 Å². The average molecular weight is 339 g/mol. The van der Waals surface area contributed by atoms with Crippen molar-refractivity contribution in [3.05, 3.63) is 59.5 Å². The van der Waals surface area contributed by atoms with Gasteiger partial charge in [-0.2, -0.15) is 13.2 Å². The molecule has 0 aliphatic heterocycles. The maximum absolute atomic E-state index is 12.6. The summed E-state index contributed by atoms with van der Waals surface area (Å²) in [4.78, 5) is 12.2. The maximum Gasteiger partial charge on any atom is 0.416 e. The fourth-order valence-corrected chi connectivity index (χ4v) is 2.75. The van der Waals surface area contributed by atoms with E-state index in [0.717, 1.165) is 12.1 Å². The Morgan fingerprint density at radius 2 is 2.00 bits per heavy atom. The van der Waals surface area contributed by atoms with Gasteiger partial charge in [0.25, 0.3) is 0 Å². The number of amides is 1. The summed E-state index contributed by atoms with van der Waals surface area (Å²) >= 11 is 0. The van der Waals surface area contributed by atoms with Crippen molar-refractivity contribution < 1.29 is 27.5 Å². The summed E-state index contributed by atoms with van der Waals surface area (Å²) < 4.78 is 42.8. The van der Waals surface area contributed by atoms with Crippen molar-refractivity contribution in [3.63, 3.8) is 0 Å². The monoisotopic (exact) mass is 339 g/mol. The molecule has 1 fully saturated rings. The summed E-state index contributed by atoms with van der Waals surface area (Å²) in [5.41, 5.74) is 0.00719. The van der Waals surface area contributed by atoms with Crippen LogP contribution in [0.4, 0.5) is 13.2 Å². The van der Waals surface area contributed by atoms with E-state index in [9.17, 15) is 23.1 Å². The van der Waals surface area contributed by atoms with E-state index >= 15 is 0 Å². The highest BCUT2D eigenvalue weighted by Crippen LogP contribution is 2.48. The zero-order valence-electron chi connectivity index (χ0n) is 12.6. The lowest BCUT2D eigenvalue weighted by atomic mass is 10.1.